The van der Waals surface area contributed by atoms with Gasteiger partial charge in [-0.25, -0.2) is 0 Å². The molecule has 2 aromatic rings. The molecule has 2 aliphatic heterocycles. The van der Waals surface area contributed by atoms with Gasteiger partial charge >= 0.3 is 0 Å². The zero-order valence-electron chi connectivity index (χ0n) is 12.2. The Kier molecular flexibility index (Phi) is 2.99. The van der Waals surface area contributed by atoms with Crippen molar-refractivity contribution in [2.24, 2.45) is 0 Å². The number of hydrogen-bond acceptors (Lipinski definition) is 5. The van der Waals surface area contributed by atoms with Gasteiger partial charge in [0.05, 0.1) is 13.7 Å². The van der Waals surface area contributed by atoms with Gasteiger partial charge in [0, 0.05) is 23.6 Å². The maximum absolute atomic E-state index is 9.53. The zero-order valence-corrected chi connectivity index (χ0v) is 12.2. The molecule has 0 radical (unpaired) electrons. The van der Waals surface area contributed by atoms with Crippen LogP contribution in [0.1, 0.15) is 17.0 Å². The molecule has 5 heteroatoms. The van der Waals surface area contributed by atoms with Crippen LogP contribution in [0.15, 0.2) is 30.3 Å². The van der Waals surface area contributed by atoms with Crippen LogP contribution in [0, 0.1) is 0 Å². The van der Waals surface area contributed by atoms with Gasteiger partial charge in [0.15, 0.2) is 11.5 Å². The summed E-state index contributed by atoms with van der Waals surface area (Å²) in [6.45, 7) is 0.775. The standard InChI is InChI=1S/C17H16O5/c1-19-15-7-17-16(21-9-22-17)6-13(15)11-4-10-2-3-12(18)5-14(10)20-8-11/h2-3,5-7,11,18H,4,8-9H2,1H3. The molecule has 0 amide bonds. The predicted octanol–water partition coefficient (Wildman–Crippen LogP) is 2.85. The molecule has 1 atom stereocenters. The number of aromatic hydroxyl groups is 1. The van der Waals surface area contributed by atoms with Crippen molar-refractivity contribution in [3.05, 3.63) is 41.5 Å². The Morgan fingerprint density at radius 1 is 1.05 bits per heavy atom. The van der Waals surface area contributed by atoms with Crippen LogP contribution in [-0.2, 0) is 6.42 Å². The fourth-order valence-electron chi connectivity index (χ4n) is 3.00. The summed E-state index contributed by atoms with van der Waals surface area (Å²) in [6, 6.07) is 9.07. The van der Waals surface area contributed by atoms with Crippen LogP contribution in [0.4, 0.5) is 0 Å². The van der Waals surface area contributed by atoms with Gasteiger partial charge in [0.2, 0.25) is 6.79 Å². The van der Waals surface area contributed by atoms with Crippen LogP contribution < -0.4 is 18.9 Å². The van der Waals surface area contributed by atoms with Crippen LogP contribution in [0.2, 0.25) is 0 Å². The van der Waals surface area contributed by atoms with Crippen LogP contribution in [0.3, 0.4) is 0 Å². The topological polar surface area (TPSA) is 57.2 Å². The van der Waals surface area contributed by atoms with Crippen molar-refractivity contribution in [3.8, 4) is 28.7 Å². The minimum Gasteiger partial charge on any atom is -0.508 e. The molecule has 0 spiro atoms. The zero-order chi connectivity index (χ0) is 15.1. The molecule has 0 saturated heterocycles. The number of phenols is 1. The van der Waals surface area contributed by atoms with E-state index in [0.717, 1.165) is 34.8 Å². The average Bonchev–Trinajstić information content (AvgIpc) is 3.00. The molecule has 1 N–H and O–H groups in total. The lowest BCUT2D eigenvalue weighted by atomic mass is 9.89. The van der Waals surface area contributed by atoms with Gasteiger partial charge in [-0.1, -0.05) is 6.07 Å². The van der Waals surface area contributed by atoms with E-state index in [9.17, 15) is 5.11 Å². The maximum atomic E-state index is 9.53. The highest BCUT2D eigenvalue weighted by Crippen LogP contribution is 2.43. The lowest BCUT2D eigenvalue weighted by Gasteiger charge is -2.27. The summed E-state index contributed by atoms with van der Waals surface area (Å²) in [5.74, 6) is 3.37. The molecule has 0 bridgehead atoms. The van der Waals surface area contributed by atoms with Crippen LogP contribution in [0.5, 0.6) is 28.7 Å². The molecule has 5 nitrogen and oxygen atoms in total. The van der Waals surface area contributed by atoms with Gasteiger partial charge in [-0.2, -0.15) is 0 Å². The highest BCUT2D eigenvalue weighted by Gasteiger charge is 2.27. The molecule has 2 aromatic carbocycles. The molecular weight excluding hydrogens is 284 g/mol. The van der Waals surface area contributed by atoms with E-state index in [-0.39, 0.29) is 18.5 Å². The normalized spacial score (nSPS) is 18.5. The Morgan fingerprint density at radius 3 is 2.68 bits per heavy atom. The second kappa shape index (κ2) is 5.02. The van der Waals surface area contributed by atoms with Gasteiger partial charge in [-0.05, 0) is 24.1 Å². The summed E-state index contributed by atoms with van der Waals surface area (Å²) < 4.78 is 22.2. The predicted molar refractivity (Wildman–Crippen MR) is 79.2 cm³/mol. The number of ether oxygens (including phenoxy) is 4. The van der Waals surface area contributed by atoms with Gasteiger partial charge in [0.25, 0.3) is 0 Å². The number of fused-ring (bicyclic) bond motifs is 2. The van der Waals surface area contributed by atoms with Crippen molar-refractivity contribution < 1.29 is 24.1 Å². The van der Waals surface area contributed by atoms with Crippen molar-refractivity contribution in [2.45, 2.75) is 12.3 Å². The second-order valence-electron chi connectivity index (χ2n) is 5.45. The van der Waals surface area contributed by atoms with E-state index >= 15 is 0 Å². The third-order valence-electron chi connectivity index (χ3n) is 4.12. The molecule has 0 aromatic heterocycles. The first-order valence-corrected chi connectivity index (χ1v) is 7.17. The number of phenolic OH excluding ortho intramolecular Hbond substituents is 1. The molecule has 114 valence electrons. The van der Waals surface area contributed by atoms with E-state index in [1.54, 1.807) is 19.2 Å². The Morgan fingerprint density at radius 2 is 1.86 bits per heavy atom. The summed E-state index contributed by atoms with van der Waals surface area (Å²) in [4.78, 5) is 0. The van der Waals surface area contributed by atoms with Gasteiger partial charge < -0.3 is 24.1 Å². The monoisotopic (exact) mass is 300 g/mol. The lowest BCUT2D eigenvalue weighted by Crippen LogP contribution is -2.19. The van der Waals surface area contributed by atoms with E-state index in [1.807, 2.05) is 18.2 Å². The second-order valence-corrected chi connectivity index (χ2v) is 5.45. The molecular formula is C17H16O5. The smallest absolute Gasteiger partial charge is 0.231 e. The van der Waals surface area contributed by atoms with Gasteiger partial charge in [0.1, 0.15) is 17.2 Å². The quantitative estimate of drug-likeness (QED) is 0.924. The van der Waals surface area contributed by atoms with Crippen LogP contribution in [0.25, 0.3) is 0 Å². The number of methoxy groups -OCH3 is 1. The highest BCUT2D eigenvalue weighted by atomic mass is 16.7. The molecule has 2 aliphatic rings. The number of rotatable bonds is 2. The lowest BCUT2D eigenvalue weighted by molar-refractivity contribution is 0.173. The summed E-state index contributed by atoms with van der Waals surface area (Å²) in [5, 5.41) is 9.53. The van der Waals surface area contributed by atoms with Crippen molar-refractivity contribution in [1.82, 2.24) is 0 Å². The molecule has 0 aliphatic carbocycles. The van der Waals surface area contributed by atoms with E-state index in [0.29, 0.717) is 12.4 Å². The highest BCUT2D eigenvalue weighted by molar-refractivity contribution is 5.54. The Labute approximate surface area is 128 Å². The fourth-order valence-corrected chi connectivity index (χ4v) is 3.00. The molecule has 0 fully saturated rings. The Balaban J connectivity index is 1.70. The first kappa shape index (κ1) is 13.1. The van der Waals surface area contributed by atoms with Gasteiger partial charge in [-0.15, -0.1) is 0 Å². The maximum Gasteiger partial charge on any atom is 0.231 e. The van der Waals surface area contributed by atoms with E-state index in [4.69, 9.17) is 18.9 Å². The van der Waals surface area contributed by atoms with Crippen molar-refractivity contribution in [2.75, 3.05) is 20.5 Å². The van der Waals surface area contributed by atoms with Crippen molar-refractivity contribution in [1.29, 1.82) is 0 Å². The minimum atomic E-state index is 0.168. The van der Waals surface area contributed by atoms with E-state index in [2.05, 4.69) is 0 Å². The Hall–Kier alpha value is -2.56. The van der Waals surface area contributed by atoms with Crippen molar-refractivity contribution in [3.63, 3.8) is 0 Å². The fraction of sp³-hybridized carbons (Fsp3) is 0.294. The first-order chi connectivity index (χ1) is 10.7. The minimum absolute atomic E-state index is 0.168. The van der Waals surface area contributed by atoms with Gasteiger partial charge in [-0.3, -0.25) is 0 Å². The molecule has 0 saturated carbocycles. The van der Waals surface area contributed by atoms with Crippen LogP contribution >= 0.6 is 0 Å². The molecule has 22 heavy (non-hydrogen) atoms. The Bertz CT molecular complexity index is 725. The third kappa shape index (κ3) is 2.09. The average molecular weight is 300 g/mol. The number of hydrogen-bond donors (Lipinski definition) is 1. The summed E-state index contributed by atoms with van der Waals surface area (Å²) in [6.07, 6.45) is 0.825. The summed E-state index contributed by atoms with van der Waals surface area (Å²) in [5.41, 5.74) is 2.12. The summed E-state index contributed by atoms with van der Waals surface area (Å²) in [7, 11) is 1.65. The SMILES string of the molecule is COc1cc2c(cc1C1COc3cc(O)ccc3C1)OCO2. The molecule has 2 heterocycles. The first-order valence-electron chi connectivity index (χ1n) is 7.17. The molecule has 4 rings (SSSR count). The van der Waals surface area contributed by atoms with Crippen LogP contribution in [-0.4, -0.2) is 25.6 Å². The largest absolute Gasteiger partial charge is 0.508 e. The third-order valence-corrected chi connectivity index (χ3v) is 4.12. The summed E-state index contributed by atoms with van der Waals surface area (Å²) >= 11 is 0. The van der Waals surface area contributed by atoms with Crippen molar-refractivity contribution >= 4 is 0 Å². The van der Waals surface area contributed by atoms with E-state index in [1.165, 1.54) is 0 Å². The number of benzene rings is 2. The molecule has 1 unspecified atom stereocenters. The van der Waals surface area contributed by atoms with E-state index < -0.39 is 0 Å².